The molecule has 0 radical (unpaired) electrons. The van der Waals surface area contributed by atoms with Gasteiger partial charge in [0.1, 0.15) is 10.7 Å². The van der Waals surface area contributed by atoms with E-state index in [1.807, 2.05) is 12.1 Å². The largest absolute Gasteiger partial charge is 0.362 e. The van der Waals surface area contributed by atoms with Crippen LogP contribution in [0.4, 0.5) is 16.4 Å². The Labute approximate surface area is 155 Å². The highest BCUT2D eigenvalue weighted by molar-refractivity contribution is 7.24. The van der Waals surface area contributed by atoms with Crippen LogP contribution in [-0.2, 0) is 0 Å². The molecule has 0 unspecified atom stereocenters. The normalized spacial score (nSPS) is 10.9. The van der Waals surface area contributed by atoms with E-state index in [1.165, 1.54) is 9.75 Å². The van der Waals surface area contributed by atoms with Crippen molar-refractivity contribution in [3.63, 3.8) is 0 Å². The maximum atomic E-state index is 8.87. The van der Waals surface area contributed by atoms with Crippen molar-refractivity contribution in [3.05, 3.63) is 53.4 Å². The molecule has 0 saturated heterocycles. The lowest BCUT2D eigenvalue weighted by Crippen LogP contribution is -2.20. The maximum Gasteiger partial charge on any atom is 0.121 e. The van der Waals surface area contributed by atoms with Gasteiger partial charge in [0, 0.05) is 22.8 Å². The van der Waals surface area contributed by atoms with Crippen LogP contribution in [0.1, 0.15) is 19.4 Å². The van der Waals surface area contributed by atoms with Crippen LogP contribution < -0.4 is 4.90 Å². The second-order valence-corrected chi connectivity index (χ2v) is 7.29. The van der Waals surface area contributed by atoms with Gasteiger partial charge in [-0.25, -0.2) is 0 Å². The van der Waals surface area contributed by atoms with Gasteiger partial charge in [0.05, 0.1) is 17.3 Å². The molecule has 0 bridgehead atoms. The van der Waals surface area contributed by atoms with E-state index in [0.717, 1.165) is 29.5 Å². The SMILES string of the molecule is CCN(CC)c1sc(-c2cccs2)cc1N=Nc1ccc(C#N)cc1. The van der Waals surface area contributed by atoms with Gasteiger partial charge in [-0.1, -0.05) is 6.07 Å². The summed E-state index contributed by atoms with van der Waals surface area (Å²) in [5.74, 6) is 0. The Morgan fingerprint density at radius 2 is 1.80 bits per heavy atom. The first-order chi connectivity index (χ1) is 12.2. The number of hydrogen-bond acceptors (Lipinski definition) is 6. The molecular weight excluding hydrogens is 348 g/mol. The zero-order chi connectivity index (χ0) is 17.6. The summed E-state index contributed by atoms with van der Waals surface area (Å²) < 4.78 is 0. The van der Waals surface area contributed by atoms with Gasteiger partial charge in [-0.15, -0.1) is 27.8 Å². The second kappa shape index (κ2) is 8.06. The van der Waals surface area contributed by atoms with E-state index in [1.54, 1.807) is 34.8 Å². The van der Waals surface area contributed by atoms with E-state index in [2.05, 4.69) is 58.6 Å². The number of benzene rings is 1. The molecular formula is C19H18N4S2. The lowest BCUT2D eigenvalue weighted by atomic mass is 10.2. The van der Waals surface area contributed by atoms with E-state index in [9.17, 15) is 0 Å². The number of hydrogen-bond donors (Lipinski definition) is 0. The molecule has 3 rings (SSSR count). The van der Waals surface area contributed by atoms with E-state index in [-0.39, 0.29) is 0 Å². The minimum absolute atomic E-state index is 0.623. The van der Waals surface area contributed by atoms with Crippen molar-refractivity contribution >= 4 is 39.0 Å². The molecule has 0 atom stereocenters. The molecule has 0 N–H and O–H groups in total. The van der Waals surface area contributed by atoms with E-state index >= 15 is 0 Å². The van der Waals surface area contributed by atoms with Gasteiger partial charge in [0.25, 0.3) is 0 Å². The third-order valence-electron chi connectivity index (χ3n) is 3.78. The van der Waals surface area contributed by atoms with E-state index < -0.39 is 0 Å². The van der Waals surface area contributed by atoms with Crippen LogP contribution in [-0.4, -0.2) is 13.1 Å². The third kappa shape index (κ3) is 3.95. The summed E-state index contributed by atoms with van der Waals surface area (Å²) in [6.07, 6.45) is 0. The molecule has 2 heterocycles. The minimum atomic E-state index is 0.623. The van der Waals surface area contributed by atoms with E-state index in [4.69, 9.17) is 5.26 Å². The molecule has 25 heavy (non-hydrogen) atoms. The average Bonchev–Trinajstić information content (AvgIpc) is 3.31. The summed E-state index contributed by atoms with van der Waals surface area (Å²) in [6, 6.07) is 15.5. The van der Waals surface area contributed by atoms with Crippen molar-refractivity contribution in [2.24, 2.45) is 10.2 Å². The predicted molar refractivity (Wildman–Crippen MR) is 107 cm³/mol. The second-order valence-electron chi connectivity index (χ2n) is 5.31. The zero-order valence-corrected chi connectivity index (χ0v) is 15.8. The molecule has 6 heteroatoms. The molecule has 0 fully saturated rings. The van der Waals surface area contributed by atoms with Crippen molar-refractivity contribution in [1.29, 1.82) is 5.26 Å². The topological polar surface area (TPSA) is 51.8 Å². The van der Waals surface area contributed by atoms with Crippen molar-refractivity contribution in [2.45, 2.75) is 13.8 Å². The highest BCUT2D eigenvalue weighted by Gasteiger charge is 2.15. The number of azo groups is 1. The fourth-order valence-corrected chi connectivity index (χ4v) is 4.48. The third-order valence-corrected chi connectivity index (χ3v) is 6.03. The van der Waals surface area contributed by atoms with Crippen LogP contribution in [0.15, 0.2) is 58.1 Å². The molecule has 0 aliphatic heterocycles. The van der Waals surface area contributed by atoms with Gasteiger partial charge < -0.3 is 4.90 Å². The van der Waals surface area contributed by atoms with Crippen LogP contribution in [0.5, 0.6) is 0 Å². The summed E-state index contributed by atoms with van der Waals surface area (Å²) >= 11 is 3.49. The van der Waals surface area contributed by atoms with Gasteiger partial charge in [-0.05, 0) is 55.6 Å². The Kier molecular flexibility index (Phi) is 5.59. The highest BCUT2D eigenvalue weighted by Crippen LogP contribution is 2.44. The van der Waals surface area contributed by atoms with Gasteiger partial charge in [0.2, 0.25) is 0 Å². The number of nitriles is 1. The molecule has 0 spiro atoms. The van der Waals surface area contributed by atoms with Gasteiger partial charge in [-0.3, -0.25) is 0 Å². The Hall–Kier alpha value is -2.49. The Bertz CT molecular complexity index is 883. The molecule has 3 aromatic rings. The summed E-state index contributed by atoms with van der Waals surface area (Å²) in [5, 5.41) is 21.0. The van der Waals surface area contributed by atoms with Crippen LogP contribution >= 0.6 is 22.7 Å². The quantitative estimate of drug-likeness (QED) is 0.461. The van der Waals surface area contributed by atoms with Crippen molar-refractivity contribution in [3.8, 4) is 15.8 Å². The van der Waals surface area contributed by atoms with Crippen LogP contribution in [0.2, 0.25) is 0 Å². The van der Waals surface area contributed by atoms with Gasteiger partial charge in [0.15, 0.2) is 0 Å². The summed E-state index contributed by atoms with van der Waals surface area (Å²) in [7, 11) is 0. The fourth-order valence-electron chi connectivity index (χ4n) is 2.44. The molecule has 2 aromatic heterocycles. The van der Waals surface area contributed by atoms with Crippen LogP contribution in [0, 0.1) is 11.3 Å². The molecule has 0 aliphatic carbocycles. The lowest BCUT2D eigenvalue weighted by molar-refractivity contribution is 0.875. The van der Waals surface area contributed by atoms with Crippen molar-refractivity contribution < 1.29 is 0 Å². The molecule has 0 aliphatic rings. The Morgan fingerprint density at radius 3 is 2.40 bits per heavy atom. The first kappa shape index (κ1) is 17.3. The monoisotopic (exact) mass is 366 g/mol. The summed E-state index contributed by atoms with van der Waals surface area (Å²) in [6.45, 7) is 6.16. The zero-order valence-electron chi connectivity index (χ0n) is 14.1. The number of anilines is 1. The molecule has 126 valence electrons. The van der Waals surface area contributed by atoms with E-state index in [0.29, 0.717) is 5.56 Å². The maximum absolute atomic E-state index is 8.87. The smallest absolute Gasteiger partial charge is 0.121 e. The number of thiophene rings is 2. The predicted octanol–water partition coefficient (Wildman–Crippen LogP) is 6.61. The lowest BCUT2D eigenvalue weighted by Gasteiger charge is -2.19. The first-order valence-corrected chi connectivity index (χ1v) is 9.79. The molecule has 0 amide bonds. The Morgan fingerprint density at radius 1 is 1.04 bits per heavy atom. The summed E-state index contributed by atoms with van der Waals surface area (Å²) in [4.78, 5) is 4.76. The first-order valence-electron chi connectivity index (χ1n) is 8.09. The van der Waals surface area contributed by atoms with Crippen LogP contribution in [0.3, 0.4) is 0 Å². The number of nitrogens with zero attached hydrogens (tertiary/aromatic N) is 4. The van der Waals surface area contributed by atoms with Crippen molar-refractivity contribution in [1.82, 2.24) is 0 Å². The van der Waals surface area contributed by atoms with Gasteiger partial charge >= 0.3 is 0 Å². The molecule has 1 aromatic carbocycles. The molecule has 0 saturated carbocycles. The number of rotatable bonds is 6. The highest BCUT2D eigenvalue weighted by atomic mass is 32.1. The minimum Gasteiger partial charge on any atom is -0.362 e. The summed E-state index contributed by atoms with van der Waals surface area (Å²) in [5.41, 5.74) is 2.26. The van der Waals surface area contributed by atoms with Crippen LogP contribution in [0.25, 0.3) is 9.75 Å². The average molecular weight is 367 g/mol. The molecule has 4 nitrogen and oxygen atoms in total. The standard InChI is InChI=1S/C19H18N4S2/c1-3-23(4-2)19-16(12-18(25-19)17-6-5-11-24-17)22-21-15-9-7-14(13-20)8-10-15/h5-12H,3-4H2,1-2H3. The van der Waals surface area contributed by atoms with Crippen molar-refractivity contribution in [2.75, 3.05) is 18.0 Å². The Balaban J connectivity index is 1.95. The van der Waals surface area contributed by atoms with Gasteiger partial charge in [-0.2, -0.15) is 10.4 Å². The fraction of sp³-hybridized carbons (Fsp3) is 0.211.